The van der Waals surface area contributed by atoms with E-state index >= 15 is 0 Å². The molecular formula is C84H56BN3. The van der Waals surface area contributed by atoms with Crippen LogP contribution >= 0.6 is 0 Å². The topological polar surface area (TPSA) is 11.4 Å². The Morgan fingerprint density at radius 2 is 0.614 bits per heavy atom. The van der Waals surface area contributed by atoms with E-state index in [4.69, 9.17) is 0 Å². The number of anilines is 6. The maximum Gasteiger partial charge on any atom is 0.252 e. The molecule has 0 atom stereocenters. The molecule has 0 radical (unpaired) electrons. The van der Waals surface area contributed by atoms with E-state index in [-0.39, 0.29) is 6.71 Å². The highest BCUT2D eigenvalue weighted by Crippen LogP contribution is 2.55. The number of para-hydroxylation sites is 3. The summed E-state index contributed by atoms with van der Waals surface area (Å²) >= 11 is 0. The molecule has 0 bridgehead atoms. The van der Waals surface area contributed by atoms with Gasteiger partial charge in [0.05, 0.1) is 28.1 Å². The summed E-state index contributed by atoms with van der Waals surface area (Å²) in [4.78, 5) is 5.37. The molecule has 1 aromatic heterocycles. The number of hydrogen-bond donors (Lipinski definition) is 0. The summed E-state index contributed by atoms with van der Waals surface area (Å²) in [6, 6.07) is 126. The van der Waals surface area contributed by atoms with Crippen LogP contribution in [0.15, 0.2) is 340 Å². The van der Waals surface area contributed by atoms with E-state index in [0.717, 1.165) is 106 Å². The van der Waals surface area contributed by atoms with Crippen LogP contribution in [-0.4, -0.2) is 11.3 Å². The Morgan fingerprint density at radius 1 is 0.227 bits per heavy atom. The molecule has 410 valence electrons. The minimum Gasteiger partial charge on any atom is -0.310 e. The zero-order valence-corrected chi connectivity index (χ0v) is 48.3. The monoisotopic (exact) mass is 1120 g/mol. The highest BCUT2D eigenvalue weighted by atomic mass is 15.2. The van der Waals surface area contributed by atoms with E-state index in [9.17, 15) is 0 Å². The first kappa shape index (κ1) is 51.0. The molecule has 2 aliphatic heterocycles. The second-order valence-corrected chi connectivity index (χ2v) is 23.1. The Morgan fingerprint density at radius 3 is 1.12 bits per heavy atom. The van der Waals surface area contributed by atoms with Crippen molar-refractivity contribution in [1.82, 2.24) is 4.57 Å². The largest absolute Gasteiger partial charge is 0.310 e. The number of benzene rings is 14. The lowest BCUT2D eigenvalue weighted by Crippen LogP contribution is -2.61. The summed E-state index contributed by atoms with van der Waals surface area (Å²) in [6.45, 7) is -0.210. The van der Waals surface area contributed by atoms with E-state index < -0.39 is 0 Å². The Bertz CT molecular complexity index is 5010. The third kappa shape index (κ3) is 8.37. The van der Waals surface area contributed by atoms with Crippen molar-refractivity contribution in [3.63, 3.8) is 0 Å². The molecule has 0 saturated carbocycles. The summed E-state index contributed by atoms with van der Waals surface area (Å²) in [7, 11) is 0. The first-order valence-electron chi connectivity index (χ1n) is 30.4. The SMILES string of the molecule is c1ccc(-c2cccc(-n3c4ccccc4c4c5c(ccc43)B3c4ccc(-c6ccccc6)cc4N(c4c(-c6ccccc6)cccc4-c4ccccc4)c4cc(-c6ccccc6)cc(c43)N5c3c(-c4ccccc4)cccc3-c3ccccc3)c2)cc1. The molecule has 14 aromatic carbocycles. The Hall–Kier alpha value is -11.5. The van der Waals surface area contributed by atoms with Gasteiger partial charge in [-0.3, -0.25) is 0 Å². The van der Waals surface area contributed by atoms with Crippen LogP contribution in [0.1, 0.15) is 0 Å². The lowest BCUT2D eigenvalue weighted by Gasteiger charge is -2.46. The molecule has 3 nitrogen and oxygen atoms in total. The molecule has 4 heteroatoms. The van der Waals surface area contributed by atoms with Crippen molar-refractivity contribution in [2.45, 2.75) is 0 Å². The Balaban J connectivity index is 1.07. The van der Waals surface area contributed by atoms with Gasteiger partial charge in [0, 0.05) is 55.8 Å². The lowest BCUT2D eigenvalue weighted by atomic mass is 9.33. The minimum absolute atomic E-state index is 0.210. The molecule has 0 unspecified atom stereocenters. The molecule has 0 saturated heterocycles. The fraction of sp³-hybridized carbons (Fsp3) is 0. The van der Waals surface area contributed by atoms with Crippen LogP contribution in [0.3, 0.4) is 0 Å². The molecule has 0 spiro atoms. The molecule has 15 aromatic rings. The van der Waals surface area contributed by atoms with E-state index in [1.54, 1.807) is 0 Å². The van der Waals surface area contributed by atoms with E-state index in [2.05, 4.69) is 354 Å². The summed E-state index contributed by atoms with van der Waals surface area (Å²) in [6.07, 6.45) is 0. The van der Waals surface area contributed by atoms with E-state index in [1.165, 1.54) is 49.5 Å². The van der Waals surface area contributed by atoms with Gasteiger partial charge in [-0.15, -0.1) is 0 Å². The van der Waals surface area contributed by atoms with Gasteiger partial charge in [-0.2, -0.15) is 0 Å². The van der Waals surface area contributed by atoms with Crippen molar-refractivity contribution in [3.8, 4) is 83.6 Å². The summed E-state index contributed by atoms with van der Waals surface area (Å²) in [5, 5.41) is 2.38. The molecule has 17 rings (SSSR count). The number of rotatable bonds is 10. The van der Waals surface area contributed by atoms with Gasteiger partial charge < -0.3 is 14.4 Å². The van der Waals surface area contributed by atoms with Crippen LogP contribution in [0.25, 0.3) is 105 Å². The van der Waals surface area contributed by atoms with Gasteiger partial charge in [-0.05, 0) is 114 Å². The van der Waals surface area contributed by atoms with Gasteiger partial charge in [0.2, 0.25) is 0 Å². The molecule has 3 heterocycles. The first-order chi connectivity index (χ1) is 43.7. The van der Waals surface area contributed by atoms with Crippen molar-refractivity contribution in [2.24, 2.45) is 0 Å². The van der Waals surface area contributed by atoms with Crippen molar-refractivity contribution >= 4 is 79.0 Å². The van der Waals surface area contributed by atoms with Gasteiger partial charge in [-0.25, -0.2) is 0 Å². The van der Waals surface area contributed by atoms with Gasteiger partial charge in [0.1, 0.15) is 0 Å². The van der Waals surface area contributed by atoms with Gasteiger partial charge in [-0.1, -0.05) is 297 Å². The van der Waals surface area contributed by atoms with Crippen LogP contribution in [0, 0.1) is 0 Å². The smallest absolute Gasteiger partial charge is 0.252 e. The number of aromatic nitrogens is 1. The zero-order valence-electron chi connectivity index (χ0n) is 48.3. The van der Waals surface area contributed by atoms with E-state index in [0.29, 0.717) is 0 Å². The highest BCUT2D eigenvalue weighted by molar-refractivity contribution is 7.00. The summed E-state index contributed by atoms with van der Waals surface area (Å²) in [5.74, 6) is 0. The fourth-order valence-corrected chi connectivity index (χ4v) is 14.3. The summed E-state index contributed by atoms with van der Waals surface area (Å²) < 4.78 is 2.51. The third-order valence-corrected chi connectivity index (χ3v) is 18.2. The molecular weight excluding hydrogens is 1060 g/mol. The predicted molar refractivity (Wildman–Crippen MR) is 373 cm³/mol. The zero-order chi connectivity index (χ0) is 58.1. The molecule has 0 aliphatic carbocycles. The molecule has 88 heavy (non-hydrogen) atoms. The Kier molecular flexibility index (Phi) is 12.3. The number of nitrogens with zero attached hydrogens (tertiary/aromatic N) is 3. The van der Waals surface area contributed by atoms with Crippen molar-refractivity contribution < 1.29 is 0 Å². The van der Waals surface area contributed by atoms with Gasteiger partial charge in [0.25, 0.3) is 6.71 Å². The Labute approximate surface area is 513 Å². The first-order valence-corrected chi connectivity index (χ1v) is 30.4. The standard InChI is InChI=1S/C84H56BN3/c1-8-27-57(28-9-1)64-41-24-42-67(53-64)86-75-48-23-22-43-72(75)80-76(86)52-51-74-84(80)88(83-70(62-37-18-6-19-38-62)46-26-47-71(83)63-39-20-7-21-40-63)79-56-66(59-31-12-3-13-32-59)55-78-81(79)85(74)73-50-49-65(58-29-10-2-11-30-58)54-77(73)87(78)82-68(60-33-14-4-15-34-60)44-25-45-69(82)61-35-16-5-17-36-61/h1-56H. The van der Waals surface area contributed by atoms with Crippen LogP contribution in [0.2, 0.25) is 0 Å². The normalized spacial score (nSPS) is 12.2. The van der Waals surface area contributed by atoms with Crippen LogP contribution in [0.4, 0.5) is 34.1 Å². The average Bonchev–Trinajstić information content (AvgIpc) is 0.993. The number of fused-ring (bicyclic) bond motifs is 8. The molecule has 0 amide bonds. The third-order valence-electron chi connectivity index (χ3n) is 18.2. The average molecular weight is 1120 g/mol. The quantitative estimate of drug-likeness (QED) is 0.126. The van der Waals surface area contributed by atoms with Crippen molar-refractivity contribution in [1.29, 1.82) is 0 Å². The second kappa shape index (κ2) is 21.3. The van der Waals surface area contributed by atoms with Crippen LogP contribution in [-0.2, 0) is 0 Å². The van der Waals surface area contributed by atoms with Crippen molar-refractivity contribution in [3.05, 3.63) is 340 Å². The predicted octanol–water partition coefficient (Wildman–Crippen LogP) is 20.5. The number of hydrogen-bond acceptors (Lipinski definition) is 2. The lowest BCUT2D eigenvalue weighted by molar-refractivity contribution is 1.18. The highest BCUT2D eigenvalue weighted by Gasteiger charge is 2.46. The van der Waals surface area contributed by atoms with Gasteiger partial charge in [0.15, 0.2) is 0 Å². The molecule has 0 fully saturated rings. The summed E-state index contributed by atoms with van der Waals surface area (Å²) in [5.41, 5.74) is 30.0. The maximum atomic E-state index is 2.71. The van der Waals surface area contributed by atoms with Crippen molar-refractivity contribution in [2.75, 3.05) is 9.80 Å². The van der Waals surface area contributed by atoms with E-state index in [1.807, 2.05) is 0 Å². The van der Waals surface area contributed by atoms with Gasteiger partial charge >= 0.3 is 0 Å². The molecule has 2 aliphatic rings. The maximum absolute atomic E-state index is 2.71. The fourth-order valence-electron chi connectivity index (χ4n) is 14.3. The van der Waals surface area contributed by atoms with Crippen LogP contribution in [0.5, 0.6) is 0 Å². The second-order valence-electron chi connectivity index (χ2n) is 23.1. The molecule has 0 N–H and O–H groups in total. The minimum atomic E-state index is -0.210. The van der Waals surface area contributed by atoms with Crippen LogP contribution < -0.4 is 26.2 Å².